The molecule has 1 aliphatic rings. The molecule has 94 valence electrons. The highest BCUT2D eigenvalue weighted by Crippen LogP contribution is 2.36. The van der Waals surface area contributed by atoms with Gasteiger partial charge in [-0.15, -0.1) is 0 Å². The van der Waals surface area contributed by atoms with Gasteiger partial charge in [0.05, 0.1) is 4.47 Å². The van der Waals surface area contributed by atoms with Crippen LogP contribution in [0.2, 0.25) is 5.28 Å². The van der Waals surface area contributed by atoms with Gasteiger partial charge in [0.15, 0.2) is 0 Å². The van der Waals surface area contributed by atoms with Gasteiger partial charge < -0.3 is 4.90 Å². The number of halogens is 5. The molecular formula is C9H8BrClF3N3. The first-order valence-electron chi connectivity index (χ1n) is 4.88. The summed E-state index contributed by atoms with van der Waals surface area (Å²) in [5.74, 6) is 0.199. The first-order chi connectivity index (χ1) is 7.87. The zero-order valence-corrected chi connectivity index (χ0v) is 10.8. The molecule has 1 fully saturated rings. The third-order valence-corrected chi connectivity index (χ3v) is 3.05. The molecule has 0 radical (unpaired) electrons. The molecule has 1 saturated carbocycles. The molecule has 1 aromatic heterocycles. The maximum absolute atomic E-state index is 12.5. The molecule has 1 aromatic rings. The second-order valence-corrected chi connectivity index (χ2v) is 4.98. The average molecular weight is 331 g/mol. The fraction of sp³-hybridized carbons (Fsp3) is 0.556. The van der Waals surface area contributed by atoms with Crippen LogP contribution < -0.4 is 4.90 Å². The number of rotatable bonds is 3. The second-order valence-electron chi connectivity index (χ2n) is 3.78. The Hall–Kier alpha value is -0.560. The van der Waals surface area contributed by atoms with Gasteiger partial charge in [-0.1, -0.05) is 0 Å². The average Bonchev–Trinajstić information content (AvgIpc) is 3.00. The molecule has 0 N–H and O–H groups in total. The molecule has 1 heterocycles. The van der Waals surface area contributed by atoms with Crippen molar-refractivity contribution in [2.24, 2.45) is 0 Å². The Morgan fingerprint density at radius 2 is 2.12 bits per heavy atom. The van der Waals surface area contributed by atoms with Gasteiger partial charge in [-0.2, -0.15) is 18.2 Å². The van der Waals surface area contributed by atoms with Crippen molar-refractivity contribution in [3.05, 3.63) is 16.0 Å². The summed E-state index contributed by atoms with van der Waals surface area (Å²) in [5.41, 5.74) is 0. The molecule has 0 saturated heterocycles. The minimum Gasteiger partial charge on any atom is -0.343 e. The van der Waals surface area contributed by atoms with Crippen molar-refractivity contribution in [1.82, 2.24) is 9.97 Å². The van der Waals surface area contributed by atoms with Gasteiger partial charge in [0.1, 0.15) is 12.4 Å². The molecular weight excluding hydrogens is 322 g/mol. The fourth-order valence-corrected chi connectivity index (χ4v) is 2.04. The van der Waals surface area contributed by atoms with E-state index in [-0.39, 0.29) is 17.1 Å². The molecule has 0 aromatic carbocycles. The van der Waals surface area contributed by atoms with Crippen molar-refractivity contribution in [3.63, 3.8) is 0 Å². The van der Waals surface area contributed by atoms with Gasteiger partial charge in [-0.05, 0) is 40.4 Å². The summed E-state index contributed by atoms with van der Waals surface area (Å²) in [6, 6.07) is -0.112. The van der Waals surface area contributed by atoms with Crippen LogP contribution in [0.5, 0.6) is 0 Å². The van der Waals surface area contributed by atoms with E-state index in [0.29, 0.717) is 4.47 Å². The normalized spacial score (nSPS) is 16.1. The van der Waals surface area contributed by atoms with Crippen LogP contribution in [-0.2, 0) is 0 Å². The van der Waals surface area contributed by atoms with Crippen LogP contribution in [0.15, 0.2) is 10.7 Å². The molecule has 2 rings (SSSR count). The van der Waals surface area contributed by atoms with E-state index in [9.17, 15) is 13.2 Å². The molecule has 0 amide bonds. The highest BCUT2D eigenvalue weighted by Gasteiger charge is 2.39. The third-order valence-electron chi connectivity index (χ3n) is 2.31. The summed E-state index contributed by atoms with van der Waals surface area (Å²) in [6.07, 6.45) is -1.43. The fourth-order valence-electron chi connectivity index (χ4n) is 1.50. The summed E-state index contributed by atoms with van der Waals surface area (Å²) in [7, 11) is 0. The lowest BCUT2D eigenvalue weighted by Gasteiger charge is -2.25. The van der Waals surface area contributed by atoms with E-state index in [2.05, 4.69) is 25.9 Å². The molecule has 3 nitrogen and oxygen atoms in total. The Bertz CT molecular complexity index is 422. The van der Waals surface area contributed by atoms with Crippen molar-refractivity contribution < 1.29 is 13.2 Å². The van der Waals surface area contributed by atoms with Gasteiger partial charge in [-0.3, -0.25) is 0 Å². The van der Waals surface area contributed by atoms with Gasteiger partial charge >= 0.3 is 6.18 Å². The minimum atomic E-state index is -4.26. The van der Waals surface area contributed by atoms with Gasteiger partial charge in [0.25, 0.3) is 0 Å². The summed E-state index contributed by atoms with van der Waals surface area (Å²) >= 11 is 8.75. The first kappa shape index (κ1) is 12.9. The first-order valence-corrected chi connectivity index (χ1v) is 6.05. The zero-order valence-electron chi connectivity index (χ0n) is 8.51. The van der Waals surface area contributed by atoms with Crippen molar-refractivity contribution >= 4 is 33.3 Å². The van der Waals surface area contributed by atoms with Gasteiger partial charge in [0, 0.05) is 12.2 Å². The van der Waals surface area contributed by atoms with Gasteiger partial charge in [-0.25, -0.2) is 4.98 Å². The molecule has 0 spiro atoms. The van der Waals surface area contributed by atoms with Crippen LogP contribution in [-0.4, -0.2) is 28.7 Å². The predicted molar refractivity (Wildman–Crippen MR) is 61.2 cm³/mol. The third kappa shape index (κ3) is 3.45. The largest absolute Gasteiger partial charge is 0.405 e. The SMILES string of the molecule is FC(F)(F)CN(c1nc(Cl)ncc1Br)C1CC1. The van der Waals surface area contributed by atoms with E-state index in [0.717, 1.165) is 12.8 Å². The molecule has 0 aliphatic heterocycles. The highest BCUT2D eigenvalue weighted by molar-refractivity contribution is 9.10. The Balaban J connectivity index is 2.29. The Kier molecular flexibility index (Phi) is 3.49. The quantitative estimate of drug-likeness (QED) is 0.795. The van der Waals surface area contributed by atoms with E-state index in [1.807, 2.05) is 0 Å². The monoisotopic (exact) mass is 329 g/mol. The second kappa shape index (κ2) is 4.61. The Morgan fingerprint density at radius 1 is 1.47 bits per heavy atom. The Morgan fingerprint density at radius 3 is 2.65 bits per heavy atom. The van der Waals surface area contributed by atoms with Crippen LogP contribution in [0.1, 0.15) is 12.8 Å². The molecule has 0 atom stereocenters. The van der Waals surface area contributed by atoms with E-state index < -0.39 is 12.7 Å². The van der Waals surface area contributed by atoms with E-state index >= 15 is 0 Å². The molecule has 0 unspecified atom stereocenters. The van der Waals surface area contributed by atoms with E-state index in [1.54, 1.807) is 0 Å². The molecule has 1 aliphatic carbocycles. The van der Waals surface area contributed by atoms with Crippen molar-refractivity contribution in [1.29, 1.82) is 0 Å². The number of aromatic nitrogens is 2. The van der Waals surface area contributed by atoms with Gasteiger partial charge in [0.2, 0.25) is 5.28 Å². The van der Waals surface area contributed by atoms with Crippen LogP contribution in [0.4, 0.5) is 19.0 Å². The summed E-state index contributed by atoms with van der Waals surface area (Å²) in [6.45, 7) is -1.02. The summed E-state index contributed by atoms with van der Waals surface area (Å²) < 4.78 is 37.9. The Labute approximate surface area is 109 Å². The number of anilines is 1. The number of alkyl halides is 3. The predicted octanol–water partition coefficient (Wildman–Crippen LogP) is 3.42. The maximum atomic E-state index is 12.5. The topological polar surface area (TPSA) is 29.0 Å². The van der Waals surface area contributed by atoms with Crippen molar-refractivity contribution in [2.45, 2.75) is 25.1 Å². The number of nitrogens with zero attached hydrogens (tertiary/aromatic N) is 3. The molecule has 0 bridgehead atoms. The lowest BCUT2D eigenvalue weighted by atomic mass is 10.4. The van der Waals surface area contributed by atoms with Crippen molar-refractivity contribution in [3.8, 4) is 0 Å². The molecule has 17 heavy (non-hydrogen) atoms. The number of hydrogen-bond acceptors (Lipinski definition) is 3. The van der Waals surface area contributed by atoms with Crippen LogP contribution >= 0.6 is 27.5 Å². The highest BCUT2D eigenvalue weighted by atomic mass is 79.9. The smallest absolute Gasteiger partial charge is 0.343 e. The van der Waals surface area contributed by atoms with Crippen LogP contribution in [0.25, 0.3) is 0 Å². The number of hydrogen-bond donors (Lipinski definition) is 0. The zero-order chi connectivity index (χ0) is 12.6. The standard InChI is InChI=1S/C9H8BrClF3N3/c10-6-3-15-8(11)16-7(6)17(5-1-2-5)4-9(12,13)14/h3,5H,1-2,4H2. The summed E-state index contributed by atoms with van der Waals surface area (Å²) in [5, 5.41) is -0.0592. The van der Waals surface area contributed by atoms with E-state index in [4.69, 9.17) is 11.6 Å². The van der Waals surface area contributed by atoms with Crippen LogP contribution in [0, 0.1) is 0 Å². The van der Waals surface area contributed by atoms with E-state index in [1.165, 1.54) is 11.1 Å². The summed E-state index contributed by atoms with van der Waals surface area (Å²) in [4.78, 5) is 8.77. The lowest BCUT2D eigenvalue weighted by Crippen LogP contribution is -2.36. The maximum Gasteiger partial charge on any atom is 0.405 e. The minimum absolute atomic E-state index is 0.0592. The van der Waals surface area contributed by atoms with Crippen molar-refractivity contribution in [2.75, 3.05) is 11.4 Å². The lowest BCUT2D eigenvalue weighted by molar-refractivity contribution is -0.120. The van der Waals surface area contributed by atoms with Crippen LogP contribution in [0.3, 0.4) is 0 Å². The molecule has 8 heteroatoms.